The topological polar surface area (TPSA) is 136 Å². The Morgan fingerprint density at radius 3 is 2.50 bits per heavy atom. The molecular formula is C29H36N8O4S. The molecule has 2 N–H and O–H groups in total. The summed E-state index contributed by atoms with van der Waals surface area (Å²) in [5.41, 5.74) is 5.28. The third-order valence-corrected chi connectivity index (χ3v) is 9.17. The highest BCUT2D eigenvalue weighted by molar-refractivity contribution is 7.92. The van der Waals surface area contributed by atoms with Gasteiger partial charge in [0, 0.05) is 43.9 Å². The number of pyridine rings is 1. The lowest BCUT2D eigenvalue weighted by molar-refractivity contribution is -0.117. The molecule has 6 rings (SSSR count). The number of rotatable bonds is 8. The molecule has 3 aromatic heterocycles. The number of carbonyl (C=O) groups is 1. The van der Waals surface area contributed by atoms with Gasteiger partial charge in [-0.1, -0.05) is 6.07 Å². The molecule has 222 valence electrons. The lowest BCUT2D eigenvalue weighted by atomic mass is 10.1. The Morgan fingerprint density at radius 2 is 1.86 bits per heavy atom. The van der Waals surface area contributed by atoms with Crippen LogP contribution in [0.15, 0.2) is 30.3 Å². The third-order valence-electron chi connectivity index (χ3n) is 7.98. The number of hydrogen-bond acceptors (Lipinski definition) is 8. The van der Waals surface area contributed by atoms with Crippen LogP contribution in [0.1, 0.15) is 49.9 Å². The van der Waals surface area contributed by atoms with E-state index in [1.807, 2.05) is 43.7 Å². The summed E-state index contributed by atoms with van der Waals surface area (Å²) in [6.07, 6.45) is 5.59. The first-order valence-electron chi connectivity index (χ1n) is 14.2. The quantitative estimate of drug-likeness (QED) is 0.302. The van der Waals surface area contributed by atoms with E-state index in [1.54, 1.807) is 16.8 Å². The minimum Gasteiger partial charge on any atom is -0.358 e. The standard InChI is InChI=1S/C29H36N8O4S/c1-17-14-22(34-35(17)3)20-11-12-21(24(15-20)36(4)42(5,39)40)31-23-16-25(33-29(38)19-9-10-19)32-28-27(23)30-18(2)37(28)26-8-6-7-13-41-26/h11-12,14-16,19,26H,6-10,13H2,1-5H3,(H2,31,32,33,38). The lowest BCUT2D eigenvalue weighted by Crippen LogP contribution is -2.25. The second-order valence-electron chi connectivity index (χ2n) is 11.2. The van der Waals surface area contributed by atoms with Crippen molar-refractivity contribution in [3.63, 3.8) is 0 Å². The number of aryl methyl sites for hydroxylation is 3. The van der Waals surface area contributed by atoms with E-state index in [1.165, 1.54) is 17.6 Å². The highest BCUT2D eigenvalue weighted by Gasteiger charge is 2.31. The first-order chi connectivity index (χ1) is 20.0. The molecule has 1 amide bonds. The van der Waals surface area contributed by atoms with Crippen LogP contribution in [0.3, 0.4) is 0 Å². The second kappa shape index (κ2) is 10.7. The van der Waals surface area contributed by atoms with Crippen LogP contribution < -0.4 is 14.9 Å². The minimum atomic E-state index is -3.60. The van der Waals surface area contributed by atoms with Gasteiger partial charge in [-0.25, -0.2) is 18.4 Å². The second-order valence-corrected chi connectivity index (χ2v) is 13.2. The maximum Gasteiger partial charge on any atom is 0.232 e. The van der Waals surface area contributed by atoms with Crippen LogP contribution in [-0.4, -0.2) is 58.6 Å². The summed E-state index contributed by atoms with van der Waals surface area (Å²) in [5, 5.41) is 11.0. The maximum absolute atomic E-state index is 12.7. The maximum atomic E-state index is 12.7. The molecule has 1 atom stereocenters. The van der Waals surface area contributed by atoms with Gasteiger partial charge in [-0.15, -0.1) is 0 Å². The fraction of sp³-hybridized carbons (Fsp3) is 0.448. The highest BCUT2D eigenvalue weighted by Crippen LogP contribution is 2.38. The molecule has 1 aliphatic carbocycles. The van der Waals surface area contributed by atoms with E-state index < -0.39 is 10.0 Å². The number of hydrogen-bond donors (Lipinski definition) is 2. The molecule has 2 aliphatic rings. The number of carbonyl (C=O) groups excluding carboxylic acids is 1. The molecule has 0 radical (unpaired) electrons. The fourth-order valence-corrected chi connectivity index (χ4v) is 5.77. The van der Waals surface area contributed by atoms with Crippen LogP contribution in [0.5, 0.6) is 0 Å². The van der Waals surface area contributed by atoms with Crippen LogP contribution >= 0.6 is 0 Å². The Kier molecular flexibility index (Phi) is 7.17. The molecule has 1 saturated heterocycles. The van der Waals surface area contributed by atoms with Crippen molar-refractivity contribution in [2.45, 2.75) is 52.2 Å². The molecule has 1 saturated carbocycles. The van der Waals surface area contributed by atoms with Gasteiger partial charge in [0.15, 0.2) is 5.65 Å². The summed E-state index contributed by atoms with van der Waals surface area (Å²) >= 11 is 0. The van der Waals surface area contributed by atoms with Crippen LogP contribution in [-0.2, 0) is 26.6 Å². The highest BCUT2D eigenvalue weighted by atomic mass is 32.2. The van der Waals surface area contributed by atoms with Gasteiger partial charge >= 0.3 is 0 Å². The van der Waals surface area contributed by atoms with Crippen molar-refractivity contribution < 1.29 is 17.9 Å². The summed E-state index contributed by atoms with van der Waals surface area (Å²) in [4.78, 5) is 22.4. The number of imidazole rings is 1. The molecular weight excluding hydrogens is 556 g/mol. The minimum absolute atomic E-state index is 0.00465. The van der Waals surface area contributed by atoms with Gasteiger partial charge in [-0.05, 0) is 64.2 Å². The molecule has 2 fully saturated rings. The molecule has 1 aromatic carbocycles. The summed E-state index contributed by atoms with van der Waals surface area (Å²) in [6, 6.07) is 9.24. The number of aromatic nitrogens is 5. The third kappa shape index (κ3) is 5.45. The Labute approximate surface area is 245 Å². The Morgan fingerprint density at radius 1 is 1.07 bits per heavy atom. The molecule has 1 aliphatic heterocycles. The number of fused-ring (bicyclic) bond motifs is 1. The van der Waals surface area contributed by atoms with Crippen molar-refractivity contribution in [2.75, 3.05) is 34.8 Å². The van der Waals surface area contributed by atoms with Crippen LogP contribution in [0.4, 0.5) is 22.9 Å². The number of benzene rings is 1. The van der Waals surface area contributed by atoms with E-state index >= 15 is 0 Å². The first kappa shape index (κ1) is 28.2. The van der Waals surface area contributed by atoms with Crippen molar-refractivity contribution in [3.8, 4) is 11.3 Å². The van der Waals surface area contributed by atoms with E-state index in [-0.39, 0.29) is 18.1 Å². The predicted octanol–water partition coefficient (Wildman–Crippen LogP) is 4.64. The lowest BCUT2D eigenvalue weighted by Gasteiger charge is -2.25. The summed E-state index contributed by atoms with van der Waals surface area (Å²) in [6.45, 7) is 4.54. The van der Waals surface area contributed by atoms with E-state index in [2.05, 4.69) is 15.7 Å². The molecule has 4 aromatic rings. The Hall–Kier alpha value is -3.97. The zero-order valence-electron chi connectivity index (χ0n) is 24.5. The van der Waals surface area contributed by atoms with E-state index in [9.17, 15) is 13.2 Å². The molecule has 42 heavy (non-hydrogen) atoms. The average Bonchev–Trinajstić information content (AvgIpc) is 3.68. The molecule has 0 bridgehead atoms. The number of amides is 1. The van der Waals surface area contributed by atoms with Crippen molar-refractivity contribution in [3.05, 3.63) is 41.9 Å². The average molecular weight is 593 g/mol. The SMILES string of the molecule is Cc1cc(-c2ccc(Nc3cc(NC(=O)C4CC4)nc4c3nc(C)n4C3CCCCO3)c(N(C)S(C)(=O)=O)c2)nn1C. The van der Waals surface area contributed by atoms with Gasteiger partial charge < -0.3 is 15.4 Å². The molecule has 12 nitrogen and oxygen atoms in total. The zero-order valence-corrected chi connectivity index (χ0v) is 25.3. The normalized spacial score (nSPS) is 17.4. The monoisotopic (exact) mass is 592 g/mol. The van der Waals surface area contributed by atoms with Gasteiger partial charge in [0.2, 0.25) is 15.9 Å². The van der Waals surface area contributed by atoms with Gasteiger partial charge in [-0.3, -0.25) is 18.3 Å². The molecule has 4 heterocycles. The number of sulfonamides is 1. The van der Waals surface area contributed by atoms with E-state index in [0.717, 1.165) is 54.9 Å². The van der Waals surface area contributed by atoms with Crippen LogP contribution in [0.2, 0.25) is 0 Å². The van der Waals surface area contributed by atoms with Crippen LogP contribution in [0, 0.1) is 19.8 Å². The Bertz CT molecular complexity index is 1770. The fourth-order valence-electron chi connectivity index (χ4n) is 5.26. The number of ether oxygens (including phenoxy) is 1. The van der Waals surface area contributed by atoms with Gasteiger partial charge in [-0.2, -0.15) is 5.10 Å². The van der Waals surface area contributed by atoms with Crippen molar-refractivity contribution >= 4 is 50.0 Å². The van der Waals surface area contributed by atoms with Crippen molar-refractivity contribution in [2.24, 2.45) is 13.0 Å². The van der Waals surface area contributed by atoms with Gasteiger partial charge in [0.25, 0.3) is 0 Å². The molecule has 1 unspecified atom stereocenters. The Balaban J connectivity index is 1.47. The summed E-state index contributed by atoms with van der Waals surface area (Å²) in [7, 11) is -0.210. The number of anilines is 4. The number of nitrogens with zero attached hydrogens (tertiary/aromatic N) is 6. The first-order valence-corrected chi connectivity index (χ1v) is 16.0. The molecule has 13 heteroatoms. The van der Waals surface area contributed by atoms with Crippen molar-refractivity contribution in [1.82, 2.24) is 24.3 Å². The van der Waals surface area contributed by atoms with Gasteiger partial charge in [0.1, 0.15) is 23.4 Å². The van der Waals surface area contributed by atoms with E-state index in [0.29, 0.717) is 40.7 Å². The van der Waals surface area contributed by atoms with E-state index in [4.69, 9.17) is 14.7 Å². The van der Waals surface area contributed by atoms with Crippen LogP contribution in [0.25, 0.3) is 22.4 Å². The largest absolute Gasteiger partial charge is 0.358 e. The van der Waals surface area contributed by atoms with Gasteiger partial charge in [0.05, 0.1) is 29.0 Å². The smallest absolute Gasteiger partial charge is 0.232 e. The summed E-state index contributed by atoms with van der Waals surface area (Å²) < 4.78 is 36.5. The molecule has 0 spiro atoms. The number of nitrogens with one attached hydrogen (secondary N) is 2. The predicted molar refractivity (Wildman–Crippen MR) is 162 cm³/mol. The zero-order chi connectivity index (χ0) is 29.8. The van der Waals surface area contributed by atoms with Crippen molar-refractivity contribution in [1.29, 1.82) is 0 Å². The summed E-state index contributed by atoms with van der Waals surface area (Å²) in [5.74, 6) is 1.09.